The Labute approximate surface area is 162 Å². The number of carbonyl (C=O) groups is 6. The number of fused-ring (bicyclic) bond motifs is 1. The Bertz CT molecular complexity index is 911. The van der Waals surface area contributed by atoms with Crippen LogP contribution in [0, 0.1) is 0 Å². The van der Waals surface area contributed by atoms with Crippen molar-refractivity contribution in [3.63, 3.8) is 0 Å². The minimum absolute atomic E-state index is 0.0965. The van der Waals surface area contributed by atoms with E-state index >= 15 is 0 Å². The van der Waals surface area contributed by atoms with Crippen LogP contribution in [-0.2, 0) is 19.2 Å². The minimum Gasteiger partial charge on any atom is -0.481 e. The van der Waals surface area contributed by atoms with Gasteiger partial charge in [-0.1, -0.05) is 6.07 Å². The Hall–Kier alpha value is -3.80. The molecule has 1 saturated heterocycles. The summed E-state index contributed by atoms with van der Waals surface area (Å²) in [6.07, 6.45) is -2.31. The second-order valence-corrected chi connectivity index (χ2v) is 6.17. The predicted octanol–water partition coefficient (Wildman–Crippen LogP) is -1.42. The van der Waals surface area contributed by atoms with Gasteiger partial charge >= 0.3 is 11.9 Å². The van der Waals surface area contributed by atoms with E-state index in [0.717, 1.165) is 4.90 Å². The van der Waals surface area contributed by atoms with Gasteiger partial charge in [-0.25, -0.2) is 4.79 Å². The fourth-order valence-corrected chi connectivity index (χ4v) is 2.79. The highest BCUT2D eigenvalue weighted by Crippen LogP contribution is 2.30. The van der Waals surface area contributed by atoms with E-state index in [4.69, 9.17) is 21.1 Å². The van der Waals surface area contributed by atoms with Gasteiger partial charge in [0.1, 0.15) is 6.04 Å². The minimum atomic E-state index is -1.79. The van der Waals surface area contributed by atoms with Crippen LogP contribution in [-0.4, -0.2) is 67.9 Å². The first kappa shape index (κ1) is 21.5. The molecular weight excluding hydrogens is 390 g/mol. The fraction of sp³-hybridized carbons (Fsp3) is 0.294. The Balaban J connectivity index is 0.000000284. The monoisotopic (exact) mass is 407 g/mol. The first-order chi connectivity index (χ1) is 13.5. The van der Waals surface area contributed by atoms with Crippen molar-refractivity contribution in [3.8, 4) is 0 Å². The number of aliphatic hydroxyl groups excluding tert-OH is 1. The Morgan fingerprint density at radius 3 is 2.31 bits per heavy atom. The molecule has 12 nitrogen and oxygen atoms in total. The zero-order chi connectivity index (χ0) is 21.9. The van der Waals surface area contributed by atoms with E-state index in [9.17, 15) is 28.8 Å². The average molecular weight is 407 g/mol. The van der Waals surface area contributed by atoms with Gasteiger partial charge in [0.25, 0.3) is 11.8 Å². The van der Waals surface area contributed by atoms with Gasteiger partial charge in [-0.15, -0.1) is 0 Å². The highest BCUT2D eigenvalue weighted by Gasteiger charge is 2.45. The van der Waals surface area contributed by atoms with Crippen molar-refractivity contribution < 1.29 is 44.1 Å². The summed E-state index contributed by atoms with van der Waals surface area (Å²) in [6.45, 7) is 0. The number of carboxylic acids is 2. The van der Waals surface area contributed by atoms with Crippen LogP contribution in [0.1, 0.15) is 40.0 Å². The number of benzene rings is 1. The van der Waals surface area contributed by atoms with Crippen molar-refractivity contribution in [2.45, 2.75) is 31.4 Å². The number of nitrogens with two attached hydrogens (primary N) is 1. The van der Waals surface area contributed by atoms with Gasteiger partial charge in [0.15, 0.2) is 6.10 Å². The number of carbonyl (C=O) groups excluding carboxylic acids is 4. The Kier molecular flexibility index (Phi) is 6.28. The molecule has 0 bridgehead atoms. The molecule has 2 heterocycles. The molecule has 2 aliphatic rings. The number of aliphatic hydroxyl groups is 1. The zero-order valence-electron chi connectivity index (χ0n) is 14.8. The molecule has 12 heteroatoms. The second kappa shape index (κ2) is 8.48. The topological polar surface area (TPSA) is 204 Å². The van der Waals surface area contributed by atoms with Gasteiger partial charge in [0.2, 0.25) is 11.8 Å². The lowest BCUT2D eigenvalue weighted by atomic mass is 10.0. The fourth-order valence-electron chi connectivity index (χ4n) is 2.79. The molecule has 0 aliphatic carbocycles. The van der Waals surface area contributed by atoms with E-state index < -0.39 is 54.1 Å². The number of nitrogens with zero attached hydrogens (tertiary/aromatic N) is 1. The van der Waals surface area contributed by atoms with Gasteiger partial charge in [0.05, 0.1) is 17.5 Å². The van der Waals surface area contributed by atoms with Crippen LogP contribution in [0.2, 0.25) is 0 Å². The number of anilines is 1. The van der Waals surface area contributed by atoms with Crippen LogP contribution >= 0.6 is 0 Å². The predicted molar refractivity (Wildman–Crippen MR) is 93.4 cm³/mol. The van der Waals surface area contributed by atoms with E-state index in [-0.39, 0.29) is 29.7 Å². The molecule has 0 radical (unpaired) electrons. The summed E-state index contributed by atoms with van der Waals surface area (Å²) >= 11 is 0. The van der Waals surface area contributed by atoms with E-state index in [1.54, 1.807) is 6.07 Å². The number of hydrogen-bond donors (Lipinski definition) is 5. The number of aliphatic carboxylic acids is 2. The number of carboxylic acid groups (broad SMARTS) is 2. The van der Waals surface area contributed by atoms with Crippen LogP contribution in [0.15, 0.2) is 18.2 Å². The number of nitrogens with one attached hydrogen (secondary N) is 1. The molecule has 1 aromatic rings. The van der Waals surface area contributed by atoms with Crippen molar-refractivity contribution in [1.82, 2.24) is 10.2 Å². The van der Waals surface area contributed by atoms with E-state index in [0.29, 0.717) is 0 Å². The number of rotatable bonds is 4. The smallest absolute Gasteiger partial charge is 0.333 e. The lowest BCUT2D eigenvalue weighted by Crippen LogP contribution is -2.54. The number of nitrogen functional groups attached to an aromatic ring is 1. The molecule has 2 unspecified atom stereocenters. The first-order valence-corrected chi connectivity index (χ1v) is 8.27. The van der Waals surface area contributed by atoms with Crippen LogP contribution in [0.25, 0.3) is 0 Å². The Morgan fingerprint density at radius 2 is 1.83 bits per heavy atom. The number of amides is 4. The van der Waals surface area contributed by atoms with Crippen LogP contribution in [0.4, 0.5) is 5.69 Å². The summed E-state index contributed by atoms with van der Waals surface area (Å²) in [5.74, 6) is -5.01. The summed E-state index contributed by atoms with van der Waals surface area (Å²) < 4.78 is 0. The SMILES string of the molecule is Nc1cccc2c1C(=O)N(C1CCC(=O)NC1=O)C2=O.O=C(O)CC(O)C(=O)O. The molecule has 1 aromatic carbocycles. The van der Waals surface area contributed by atoms with E-state index in [1.807, 2.05) is 0 Å². The van der Waals surface area contributed by atoms with Crippen LogP contribution in [0.3, 0.4) is 0 Å². The third-order valence-electron chi connectivity index (χ3n) is 4.15. The third kappa shape index (κ3) is 4.55. The summed E-state index contributed by atoms with van der Waals surface area (Å²) in [4.78, 5) is 67.8. The van der Waals surface area contributed by atoms with Crippen LogP contribution in [0.5, 0.6) is 0 Å². The Morgan fingerprint density at radius 1 is 1.17 bits per heavy atom. The van der Waals surface area contributed by atoms with Crippen molar-refractivity contribution in [2.24, 2.45) is 0 Å². The standard InChI is InChI=1S/C13H11N3O4.C4H6O5/c14-7-3-1-2-6-10(7)13(20)16(12(6)19)8-4-5-9(17)15-11(8)18;5-2(4(8)9)1-3(6)7/h1-3,8H,4-5,14H2,(H,15,17,18);2,5H,1H2,(H,6,7)(H,8,9). The molecule has 2 aliphatic heterocycles. The van der Waals surface area contributed by atoms with Crippen molar-refractivity contribution in [3.05, 3.63) is 29.3 Å². The maximum atomic E-state index is 12.3. The number of hydrogen-bond acceptors (Lipinski definition) is 8. The molecule has 6 N–H and O–H groups in total. The molecule has 29 heavy (non-hydrogen) atoms. The van der Waals surface area contributed by atoms with Gasteiger partial charge < -0.3 is 21.1 Å². The molecular formula is C17H17N3O9. The molecule has 4 amide bonds. The molecule has 0 saturated carbocycles. The summed E-state index contributed by atoms with van der Waals surface area (Å²) in [6, 6.07) is 3.64. The first-order valence-electron chi connectivity index (χ1n) is 8.27. The average Bonchev–Trinajstić information content (AvgIpc) is 2.87. The van der Waals surface area contributed by atoms with Gasteiger partial charge in [-0.3, -0.25) is 34.2 Å². The number of piperidine rings is 1. The summed E-state index contributed by atoms with van der Waals surface area (Å²) in [5.41, 5.74) is 6.24. The third-order valence-corrected chi connectivity index (χ3v) is 4.15. The lowest BCUT2D eigenvalue weighted by Gasteiger charge is -2.27. The van der Waals surface area contributed by atoms with Crippen molar-refractivity contribution in [1.29, 1.82) is 0 Å². The van der Waals surface area contributed by atoms with Gasteiger partial charge in [0, 0.05) is 12.1 Å². The maximum absolute atomic E-state index is 12.3. The zero-order valence-corrected chi connectivity index (χ0v) is 14.8. The number of imide groups is 2. The molecule has 0 spiro atoms. The lowest BCUT2D eigenvalue weighted by molar-refractivity contribution is -0.152. The highest BCUT2D eigenvalue weighted by atomic mass is 16.4. The summed E-state index contributed by atoms with van der Waals surface area (Å²) in [5, 5.41) is 26.3. The molecule has 3 rings (SSSR count). The highest BCUT2D eigenvalue weighted by molar-refractivity contribution is 6.25. The maximum Gasteiger partial charge on any atom is 0.333 e. The van der Waals surface area contributed by atoms with E-state index in [2.05, 4.69) is 5.32 Å². The normalized spacial score (nSPS) is 19.1. The quantitative estimate of drug-likeness (QED) is 0.291. The molecule has 154 valence electrons. The summed E-state index contributed by atoms with van der Waals surface area (Å²) in [7, 11) is 0. The van der Waals surface area contributed by atoms with Crippen LogP contribution < -0.4 is 11.1 Å². The largest absolute Gasteiger partial charge is 0.481 e. The molecule has 1 fully saturated rings. The van der Waals surface area contributed by atoms with Crippen molar-refractivity contribution in [2.75, 3.05) is 5.73 Å². The molecule has 0 aromatic heterocycles. The molecule has 2 atom stereocenters. The van der Waals surface area contributed by atoms with Gasteiger partial charge in [-0.05, 0) is 18.6 Å². The van der Waals surface area contributed by atoms with E-state index in [1.165, 1.54) is 12.1 Å². The van der Waals surface area contributed by atoms with Crippen molar-refractivity contribution >= 4 is 41.3 Å². The van der Waals surface area contributed by atoms with Gasteiger partial charge in [-0.2, -0.15) is 0 Å². The second-order valence-electron chi connectivity index (χ2n) is 6.17.